The molecule has 94 heavy (non-hydrogen) atoms. The van der Waals surface area contributed by atoms with E-state index in [2.05, 4.69) is 16.0 Å². The maximum Gasteiger partial charge on any atom is 0.217 e. The van der Waals surface area contributed by atoms with Gasteiger partial charge in [-0.2, -0.15) is 0 Å². The minimum Gasteiger partial charge on any atom is -0.544 e. The van der Waals surface area contributed by atoms with Crippen LogP contribution in [0.3, 0.4) is 0 Å². The fraction of sp³-hybridized carbons (Fsp3) is 0.945. The number of carboxylic acids is 1. The van der Waals surface area contributed by atoms with E-state index in [0.717, 1.165) is 21.0 Å². The number of carbonyl (C=O) groups is 3. The standard InChI is InChI=1S/C55H95N3O36/c1-8-19-22(11-59)82-50(91-44-27(16-64)87-52(90-43-26(15-63)86-48(81-7)36(75)34(43)73)39(78)46(44)92-49-35(74)33(72)30(69)23(12-60)83-49)37(76)40(19)88-47-29(58-18(3)66)32(71)42(25(14-62)85-47)89-51-38(77)45(31(70)24(13-61)84-51)94-55(53(79)80)9-20(67)28(57-17(2)65)41(93-55)21(68)10-56-54(4,5)6/h19-52,56,59-64,67-78H,8-16H2,1-7H3,(H,57,65)(H,58,66)(H,79,80)/p-1/t19-,20-,21?,22?,23?,24?,25?,26?,27?,28+,29?,30-,31+,32-,33+,34-,35?,36?,37?,38?,39?,40+,41?,42-,43-,44+,45+,46-,47+,48-,49+,50-,51+,52+,55-/m1/s1. The molecule has 39 nitrogen and oxygen atoms in total. The third-order valence-corrected chi connectivity index (χ3v) is 17.5. The first-order valence-electron chi connectivity index (χ1n) is 30.7. The molecule has 7 fully saturated rings. The average Bonchev–Trinajstić information content (AvgIpc) is 0.764. The quantitative estimate of drug-likeness (QED) is 0.0382. The van der Waals surface area contributed by atoms with Gasteiger partial charge in [0.25, 0.3) is 0 Å². The highest BCUT2D eigenvalue weighted by atomic mass is 16.8. The third kappa shape index (κ3) is 17.3. The van der Waals surface area contributed by atoms with Gasteiger partial charge in [-0.05, 0) is 27.2 Å². The number of hydrogen-bond acceptors (Lipinski definition) is 37. The van der Waals surface area contributed by atoms with Crippen LogP contribution in [0.25, 0.3) is 0 Å². The van der Waals surface area contributed by atoms with E-state index in [-0.39, 0.29) is 13.0 Å². The van der Waals surface area contributed by atoms with E-state index in [1.165, 1.54) is 0 Å². The number of rotatable bonds is 26. The molecule has 0 saturated carbocycles. The largest absolute Gasteiger partial charge is 0.544 e. The lowest BCUT2D eigenvalue weighted by molar-refractivity contribution is -0.411. The fourth-order valence-corrected chi connectivity index (χ4v) is 12.5. The highest BCUT2D eigenvalue weighted by Crippen LogP contribution is 2.42. The molecule has 0 aromatic rings. The van der Waals surface area contributed by atoms with Crippen LogP contribution in [-0.4, -0.2) is 377 Å². The van der Waals surface area contributed by atoms with Gasteiger partial charge >= 0.3 is 0 Å². The van der Waals surface area contributed by atoms with Crippen molar-refractivity contribution in [3.63, 3.8) is 0 Å². The van der Waals surface area contributed by atoms with Crippen LogP contribution in [0.5, 0.6) is 0 Å². The van der Waals surface area contributed by atoms with Gasteiger partial charge in [0.1, 0.15) is 140 Å². The number of aliphatic hydroxyl groups is 18. The summed E-state index contributed by atoms with van der Waals surface area (Å²) in [6, 6.07) is -3.31. The first-order chi connectivity index (χ1) is 44.3. The molecule has 0 bridgehead atoms. The molecule has 14 unspecified atom stereocenters. The first kappa shape index (κ1) is 78.4. The number of nitrogens with one attached hydrogen (secondary N) is 3. The lowest BCUT2D eigenvalue weighted by Gasteiger charge is -2.53. The smallest absolute Gasteiger partial charge is 0.217 e. The molecular weight excluding hydrogens is 1280 g/mol. The molecule has 546 valence electrons. The van der Waals surface area contributed by atoms with Gasteiger partial charge in [-0.15, -0.1) is 0 Å². The van der Waals surface area contributed by atoms with Crippen molar-refractivity contribution in [2.75, 3.05) is 53.3 Å². The van der Waals surface area contributed by atoms with E-state index in [1.54, 1.807) is 27.7 Å². The molecule has 39 heteroatoms. The number of carbonyl (C=O) groups excluding carboxylic acids is 3. The van der Waals surface area contributed by atoms with Crippen LogP contribution < -0.4 is 21.1 Å². The Balaban J connectivity index is 1.16. The lowest BCUT2D eigenvalue weighted by Crippen LogP contribution is -2.72. The highest BCUT2D eigenvalue weighted by Gasteiger charge is 2.61. The molecule has 35 atom stereocenters. The van der Waals surface area contributed by atoms with Crippen molar-refractivity contribution in [3.8, 4) is 0 Å². The molecule has 0 aromatic carbocycles. The zero-order chi connectivity index (χ0) is 69.7. The summed E-state index contributed by atoms with van der Waals surface area (Å²) in [4.78, 5) is 38.5. The Morgan fingerprint density at radius 2 is 0.915 bits per heavy atom. The van der Waals surface area contributed by atoms with E-state index < -0.39 is 284 Å². The minimum atomic E-state index is -3.17. The minimum absolute atomic E-state index is 0.0144. The van der Waals surface area contributed by atoms with Gasteiger partial charge in [0, 0.05) is 45.4 Å². The molecule has 21 N–H and O–H groups in total. The van der Waals surface area contributed by atoms with Crippen molar-refractivity contribution < 1.29 is 178 Å². The highest BCUT2D eigenvalue weighted by molar-refractivity contribution is 5.75. The fourth-order valence-electron chi connectivity index (χ4n) is 12.5. The van der Waals surface area contributed by atoms with Gasteiger partial charge in [-0.3, -0.25) is 9.59 Å². The molecule has 0 aliphatic carbocycles. The van der Waals surface area contributed by atoms with Crippen LogP contribution in [0, 0.1) is 5.92 Å². The normalized spacial score (nSPS) is 46.8. The second kappa shape index (κ2) is 33.5. The average molecular weight is 1370 g/mol. The molecule has 7 heterocycles. The predicted octanol–water partition coefficient (Wildman–Crippen LogP) is -13.8. The van der Waals surface area contributed by atoms with Crippen LogP contribution in [0.2, 0.25) is 0 Å². The summed E-state index contributed by atoms with van der Waals surface area (Å²) in [5.41, 5.74) is -0.637. The molecule has 0 spiro atoms. The third-order valence-electron chi connectivity index (χ3n) is 17.5. The van der Waals surface area contributed by atoms with Crippen molar-refractivity contribution >= 4 is 17.8 Å². The van der Waals surface area contributed by atoms with Gasteiger partial charge in [-0.25, -0.2) is 0 Å². The van der Waals surface area contributed by atoms with Gasteiger partial charge in [0.15, 0.2) is 37.7 Å². The topological polar surface area (TPSA) is 604 Å². The van der Waals surface area contributed by atoms with E-state index in [4.69, 9.17) is 66.3 Å². The Morgan fingerprint density at radius 1 is 0.500 bits per heavy atom. The summed E-state index contributed by atoms with van der Waals surface area (Å²) in [5.74, 6) is -8.08. The summed E-state index contributed by atoms with van der Waals surface area (Å²) in [5, 5.41) is 222. The predicted molar refractivity (Wildman–Crippen MR) is 297 cm³/mol. The summed E-state index contributed by atoms with van der Waals surface area (Å²) in [6.07, 6.45) is -61.1. The van der Waals surface area contributed by atoms with Crippen molar-refractivity contribution in [1.29, 1.82) is 0 Å². The van der Waals surface area contributed by atoms with Crippen LogP contribution >= 0.6 is 0 Å². The molecule has 7 aliphatic heterocycles. The van der Waals surface area contributed by atoms with Crippen molar-refractivity contribution in [1.82, 2.24) is 16.0 Å². The number of aliphatic carboxylic acids is 1. The maximum absolute atomic E-state index is 13.2. The number of β-amino-alcohol motifs (C(OH)–C–C–N with tert-alkyl or cyclic N) is 1. The lowest BCUT2D eigenvalue weighted by atomic mass is 9.86. The second-order valence-corrected chi connectivity index (χ2v) is 25.2. The zero-order valence-electron chi connectivity index (χ0n) is 52.4. The van der Waals surface area contributed by atoms with Gasteiger partial charge in [0.2, 0.25) is 17.6 Å². The van der Waals surface area contributed by atoms with Crippen molar-refractivity contribution in [2.45, 2.75) is 268 Å². The Hall–Kier alpha value is -2.91. The van der Waals surface area contributed by atoms with Crippen LogP contribution in [0.1, 0.15) is 54.4 Å². The zero-order valence-corrected chi connectivity index (χ0v) is 52.4. The maximum atomic E-state index is 13.2. The van der Waals surface area contributed by atoms with Crippen LogP contribution in [0.15, 0.2) is 0 Å². The summed E-state index contributed by atoms with van der Waals surface area (Å²) >= 11 is 0. The van der Waals surface area contributed by atoms with E-state index in [9.17, 15) is 111 Å². The molecule has 7 rings (SSSR count). The van der Waals surface area contributed by atoms with E-state index in [0.29, 0.717) is 0 Å². The monoisotopic (exact) mass is 1370 g/mol. The summed E-state index contributed by atoms with van der Waals surface area (Å²) < 4.78 is 82.3. The number of methoxy groups -OCH3 is 1. The molecule has 0 aromatic heterocycles. The van der Waals surface area contributed by atoms with Crippen molar-refractivity contribution in [3.05, 3.63) is 0 Å². The SMILES string of the molecule is CC[C@@H]1C(CO)O[C@H](O[C@H]2C(CO)O[C@@H](O[C@@H]3C(CO)O[C@@H](OC)C(O)[C@H]3O)C(O)[C@H]2O[C@@H]2OC(CO)[C@@H](O)[C@H](O)C2O)C(O)[C@H]1O[C@@H]1OC(CO)[C@@H](O[C@@H]2OC(CO)[C@H](O)[C@H](O[C@@]3(C(=O)[O-])C[C@@H](O)[C@H](NC(C)=O)C(C(O)CNC(C)(C)C)O3)C2O)[C@H](O)C1NC(C)=O. The molecular formula is C55H94N3O36-. The Bertz CT molecular complexity index is 2390. The van der Waals surface area contributed by atoms with Crippen LogP contribution in [0.4, 0.5) is 0 Å². The van der Waals surface area contributed by atoms with E-state index in [1.807, 2.05) is 0 Å². The second-order valence-electron chi connectivity index (χ2n) is 25.2. The molecule has 2 amide bonds. The summed E-state index contributed by atoms with van der Waals surface area (Å²) in [6.45, 7) is 2.52. The number of amides is 2. The number of hydrogen-bond donors (Lipinski definition) is 21. The van der Waals surface area contributed by atoms with Crippen molar-refractivity contribution in [2.24, 2.45) is 5.92 Å². The molecule has 0 radical (unpaired) electrons. The Labute approximate surface area is 537 Å². The first-order valence-corrected chi connectivity index (χ1v) is 30.7. The number of aliphatic hydroxyl groups excluding tert-OH is 18. The van der Waals surface area contributed by atoms with Crippen LogP contribution in [-0.2, 0) is 80.7 Å². The van der Waals surface area contributed by atoms with Gasteiger partial charge in [-0.1, -0.05) is 6.92 Å². The van der Waals surface area contributed by atoms with E-state index >= 15 is 0 Å². The number of ether oxygens (including phenoxy) is 14. The Morgan fingerprint density at radius 3 is 1.43 bits per heavy atom. The summed E-state index contributed by atoms with van der Waals surface area (Å²) in [7, 11) is 1.13. The van der Waals surface area contributed by atoms with Gasteiger partial charge in [0.05, 0.1) is 70.1 Å². The van der Waals surface area contributed by atoms with Gasteiger partial charge < -0.3 is 184 Å². The number of carboxylic acid groups (broad SMARTS) is 1. The molecule has 7 aliphatic rings. The molecule has 7 saturated heterocycles. The Kier molecular flexibility index (Phi) is 28.0.